The number of para-hydroxylation sites is 1. The van der Waals surface area contributed by atoms with E-state index in [0.29, 0.717) is 26.5 Å². The molecule has 2 fully saturated rings. The number of rotatable bonds is 4. The van der Waals surface area contributed by atoms with Crippen molar-refractivity contribution in [2.45, 2.75) is 12.1 Å². The topological polar surface area (TPSA) is 66.9 Å². The van der Waals surface area contributed by atoms with E-state index in [-0.39, 0.29) is 11.7 Å². The smallest absolute Gasteiger partial charge is 0.240 e. The molecule has 0 saturated carbocycles. The molecule has 0 radical (unpaired) electrons. The lowest BCUT2D eigenvalue weighted by Gasteiger charge is -2.36. The second-order valence-corrected chi connectivity index (χ2v) is 10.3. The molecule has 6 rings (SSSR count). The molecular weight excluding hydrogens is 544 g/mol. The van der Waals surface area contributed by atoms with E-state index in [2.05, 4.69) is 15.9 Å². The summed E-state index contributed by atoms with van der Waals surface area (Å²) in [7, 11) is 1.55. The van der Waals surface area contributed by atoms with E-state index in [9.17, 15) is 14.4 Å². The fourth-order valence-corrected chi connectivity index (χ4v) is 6.40. The first-order chi connectivity index (χ1) is 17.4. The second-order valence-electron chi connectivity index (χ2n) is 9.02. The Kier molecular flexibility index (Phi) is 5.50. The molecule has 2 saturated heterocycles. The van der Waals surface area contributed by atoms with E-state index in [1.807, 2.05) is 41.3 Å². The van der Waals surface area contributed by atoms with Gasteiger partial charge >= 0.3 is 0 Å². The van der Waals surface area contributed by atoms with Crippen molar-refractivity contribution in [1.29, 1.82) is 0 Å². The number of ketones is 1. The van der Waals surface area contributed by atoms with Crippen molar-refractivity contribution < 1.29 is 19.1 Å². The third kappa shape index (κ3) is 3.33. The average molecular weight is 564 g/mol. The lowest BCUT2D eigenvalue weighted by Crippen LogP contribution is -2.48. The zero-order chi connectivity index (χ0) is 25.1. The summed E-state index contributed by atoms with van der Waals surface area (Å²) >= 11 is 9.63. The van der Waals surface area contributed by atoms with Crippen molar-refractivity contribution in [2.75, 3.05) is 16.9 Å². The molecule has 36 heavy (non-hydrogen) atoms. The summed E-state index contributed by atoms with van der Waals surface area (Å²) in [4.78, 5) is 45.0. The van der Waals surface area contributed by atoms with Gasteiger partial charge < -0.3 is 9.64 Å². The molecule has 3 heterocycles. The number of halogens is 2. The van der Waals surface area contributed by atoms with Gasteiger partial charge in [0.2, 0.25) is 11.8 Å². The van der Waals surface area contributed by atoms with E-state index >= 15 is 0 Å². The van der Waals surface area contributed by atoms with Crippen LogP contribution in [0.2, 0.25) is 5.02 Å². The standard InChI is InChI=1S/C28H20BrClN2O4/c1-36-22-12-10-16(13-19(22)29)26(33)25-24-23(21-11-9-15-5-2-3-8-20(15)32(21)25)27(34)31(28(24)35)18-7-4-6-17(30)14-18/h2-14,21,23-25H,1H3/t21-,23-,24+,25-/m0/s1. The Labute approximate surface area is 221 Å². The van der Waals surface area contributed by atoms with Crippen LogP contribution < -0.4 is 14.5 Å². The summed E-state index contributed by atoms with van der Waals surface area (Å²) in [6, 6.07) is 18.2. The number of hydrogen-bond acceptors (Lipinski definition) is 5. The van der Waals surface area contributed by atoms with Gasteiger partial charge in [-0.2, -0.15) is 0 Å². The molecule has 8 heteroatoms. The van der Waals surface area contributed by atoms with Crippen LogP contribution in [0.3, 0.4) is 0 Å². The largest absolute Gasteiger partial charge is 0.496 e. The molecule has 180 valence electrons. The number of hydrogen-bond donors (Lipinski definition) is 0. The van der Waals surface area contributed by atoms with Crippen LogP contribution in [0.5, 0.6) is 5.75 Å². The van der Waals surface area contributed by atoms with Gasteiger partial charge in [0.05, 0.1) is 35.1 Å². The van der Waals surface area contributed by atoms with Gasteiger partial charge in [-0.3, -0.25) is 14.4 Å². The van der Waals surface area contributed by atoms with Crippen LogP contribution in [0.1, 0.15) is 15.9 Å². The molecule has 0 bridgehead atoms. The Balaban J connectivity index is 1.49. The highest BCUT2D eigenvalue weighted by atomic mass is 79.9. The number of benzene rings is 3. The Morgan fingerprint density at radius 2 is 1.75 bits per heavy atom. The maximum Gasteiger partial charge on any atom is 0.240 e. The van der Waals surface area contributed by atoms with E-state index in [1.165, 1.54) is 4.90 Å². The quantitative estimate of drug-likeness (QED) is 0.315. The number of nitrogens with zero attached hydrogens (tertiary/aromatic N) is 2. The molecule has 3 aliphatic rings. The fraction of sp³-hybridized carbons (Fsp3) is 0.179. The first-order valence-electron chi connectivity index (χ1n) is 11.5. The minimum absolute atomic E-state index is 0.227. The van der Waals surface area contributed by atoms with Gasteiger partial charge in [-0.15, -0.1) is 0 Å². The minimum atomic E-state index is -0.855. The summed E-state index contributed by atoms with van der Waals surface area (Å²) in [6.45, 7) is 0. The highest BCUT2D eigenvalue weighted by Gasteiger charge is 2.64. The summed E-state index contributed by atoms with van der Waals surface area (Å²) in [6.07, 6.45) is 3.90. The number of fused-ring (bicyclic) bond motifs is 5. The number of methoxy groups -OCH3 is 1. The van der Waals surface area contributed by atoms with Gasteiger partial charge in [-0.1, -0.05) is 48.0 Å². The molecule has 0 aromatic heterocycles. The number of imide groups is 1. The third-order valence-electron chi connectivity index (χ3n) is 7.19. The summed E-state index contributed by atoms with van der Waals surface area (Å²) in [5.41, 5.74) is 2.62. The second kappa shape index (κ2) is 8.61. The molecule has 0 unspecified atom stereocenters. The SMILES string of the molecule is COc1ccc(C(=O)[C@@H]2[C@@H]3C(=O)N(c4cccc(Cl)c4)C(=O)[C@H]3[C@@H]3C=Cc4ccccc4N23)cc1Br. The first kappa shape index (κ1) is 23.0. The molecule has 4 atom stereocenters. The van der Waals surface area contributed by atoms with Gasteiger partial charge in [-0.25, -0.2) is 4.90 Å². The van der Waals surface area contributed by atoms with E-state index in [4.69, 9.17) is 16.3 Å². The highest BCUT2D eigenvalue weighted by Crippen LogP contribution is 2.50. The minimum Gasteiger partial charge on any atom is -0.496 e. The zero-order valence-corrected chi connectivity index (χ0v) is 21.4. The predicted octanol–water partition coefficient (Wildman–Crippen LogP) is 5.38. The summed E-state index contributed by atoms with van der Waals surface area (Å²) in [5, 5.41) is 0.425. The molecule has 6 nitrogen and oxygen atoms in total. The summed E-state index contributed by atoms with van der Waals surface area (Å²) in [5.74, 6) is -1.88. The maximum absolute atomic E-state index is 14.1. The van der Waals surface area contributed by atoms with Gasteiger partial charge in [-0.05, 0) is 64.0 Å². The van der Waals surface area contributed by atoms with Gasteiger partial charge in [0.15, 0.2) is 5.78 Å². The molecular formula is C28H20BrClN2O4. The Hall–Kier alpha value is -3.42. The van der Waals surface area contributed by atoms with Crippen molar-refractivity contribution in [3.63, 3.8) is 0 Å². The number of carbonyl (C=O) groups is 3. The number of ether oxygens (including phenoxy) is 1. The monoisotopic (exact) mass is 562 g/mol. The average Bonchev–Trinajstić information content (AvgIpc) is 3.36. The molecule has 3 aliphatic heterocycles. The van der Waals surface area contributed by atoms with Gasteiger partial charge in [0, 0.05) is 16.3 Å². The predicted molar refractivity (Wildman–Crippen MR) is 141 cm³/mol. The Morgan fingerprint density at radius 3 is 2.50 bits per heavy atom. The van der Waals surface area contributed by atoms with Crippen LogP contribution in [-0.2, 0) is 9.59 Å². The van der Waals surface area contributed by atoms with Crippen LogP contribution in [0.4, 0.5) is 11.4 Å². The number of carbonyl (C=O) groups excluding carboxylic acids is 3. The maximum atomic E-state index is 14.1. The van der Waals surface area contributed by atoms with Crippen molar-refractivity contribution in [1.82, 2.24) is 0 Å². The van der Waals surface area contributed by atoms with Crippen LogP contribution in [0.25, 0.3) is 6.08 Å². The molecule has 0 N–H and O–H groups in total. The van der Waals surface area contributed by atoms with E-state index in [1.54, 1.807) is 49.6 Å². The Bertz CT molecular complexity index is 1470. The molecule has 0 aliphatic carbocycles. The van der Waals surface area contributed by atoms with E-state index < -0.39 is 29.8 Å². The first-order valence-corrected chi connectivity index (χ1v) is 12.6. The number of Topliss-reactive ketones (excluding diaryl/α,β-unsaturated/α-hetero) is 1. The highest BCUT2D eigenvalue weighted by molar-refractivity contribution is 9.10. The molecule has 2 amide bonds. The van der Waals surface area contributed by atoms with Gasteiger partial charge in [0.1, 0.15) is 11.8 Å². The lowest BCUT2D eigenvalue weighted by atomic mass is 9.86. The van der Waals surface area contributed by atoms with Crippen molar-refractivity contribution in [2.24, 2.45) is 11.8 Å². The number of anilines is 2. The van der Waals surface area contributed by atoms with E-state index in [0.717, 1.165) is 11.3 Å². The normalized spacial score (nSPS) is 24.0. The third-order valence-corrected chi connectivity index (χ3v) is 8.04. The van der Waals surface area contributed by atoms with Crippen molar-refractivity contribution >= 4 is 62.6 Å². The summed E-state index contributed by atoms with van der Waals surface area (Å²) < 4.78 is 5.95. The molecule has 3 aromatic rings. The van der Waals surface area contributed by atoms with Crippen molar-refractivity contribution in [3.05, 3.63) is 93.4 Å². The lowest BCUT2D eigenvalue weighted by molar-refractivity contribution is -0.122. The van der Waals surface area contributed by atoms with Crippen LogP contribution in [-0.4, -0.2) is 36.8 Å². The van der Waals surface area contributed by atoms with Crippen molar-refractivity contribution in [3.8, 4) is 5.75 Å². The Morgan fingerprint density at radius 1 is 0.972 bits per heavy atom. The zero-order valence-electron chi connectivity index (χ0n) is 19.1. The molecule has 3 aromatic carbocycles. The van der Waals surface area contributed by atoms with Gasteiger partial charge in [0.25, 0.3) is 0 Å². The van der Waals surface area contributed by atoms with Crippen LogP contribution >= 0.6 is 27.5 Å². The molecule has 0 spiro atoms. The van der Waals surface area contributed by atoms with Crippen LogP contribution in [0.15, 0.2) is 77.3 Å². The number of amides is 2. The van der Waals surface area contributed by atoms with Crippen LogP contribution in [0, 0.1) is 11.8 Å². The fourth-order valence-electron chi connectivity index (χ4n) is 5.67.